The molecule has 3 aromatic heterocycles. The summed E-state index contributed by atoms with van der Waals surface area (Å²) in [6, 6.07) is 21.8. The highest BCUT2D eigenvalue weighted by Gasteiger charge is 2.17. The number of hydrogen-bond acceptors (Lipinski definition) is 5. The topological polar surface area (TPSA) is 56.6 Å². The Balaban J connectivity index is 1.69. The zero-order valence-corrected chi connectivity index (χ0v) is 20.7. The first-order valence-corrected chi connectivity index (χ1v) is 12.5. The number of aromatic nitrogens is 3. The maximum Gasteiger partial charge on any atom is 0.297 e. The Hall–Kier alpha value is -3.75. The van der Waals surface area contributed by atoms with Crippen LogP contribution in [0.1, 0.15) is 16.8 Å². The second-order valence-corrected chi connectivity index (χ2v) is 9.60. The molecule has 0 atom stereocenters. The van der Waals surface area contributed by atoms with Crippen molar-refractivity contribution in [2.24, 2.45) is 17.1 Å². The van der Waals surface area contributed by atoms with Crippen LogP contribution >= 0.6 is 22.7 Å². The summed E-state index contributed by atoms with van der Waals surface area (Å²) in [7, 11) is 1.87. The molecule has 0 saturated heterocycles. The Kier molecular flexibility index (Phi) is 6.00. The molecular formula is C26H23N5OS2. The van der Waals surface area contributed by atoms with Crippen molar-refractivity contribution in [2.75, 3.05) is 0 Å². The van der Waals surface area contributed by atoms with Crippen molar-refractivity contribution in [2.45, 2.75) is 13.8 Å². The largest absolute Gasteiger partial charge is 0.297 e. The van der Waals surface area contributed by atoms with Crippen molar-refractivity contribution >= 4 is 34.6 Å². The van der Waals surface area contributed by atoms with E-state index in [1.54, 1.807) is 16.0 Å². The number of hydrogen-bond donors (Lipinski definition) is 0. The van der Waals surface area contributed by atoms with Gasteiger partial charge in [0.05, 0.1) is 28.2 Å². The molecule has 8 heteroatoms. The quantitative estimate of drug-likeness (QED) is 0.303. The van der Waals surface area contributed by atoms with Crippen LogP contribution in [-0.4, -0.2) is 20.3 Å². The van der Waals surface area contributed by atoms with Gasteiger partial charge in [-0.15, -0.1) is 22.7 Å². The average Bonchev–Trinajstić information content (AvgIpc) is 3.56. The minimum atomic E-state index is -0.160. The molecule has 0 unspecified atom stereocenters. The molecule has 0 aliphatic rings. The molecule has 0 radical (unpaired) electrons. The molecule has 6 nitrogen and oxygen atoms in total. The second-order valence-electron chi connectivity index (χ2n) is 7.82. The van der Waals surface area contributed by atoms with E-state index in [0.717, 1.165) is 33.1 Å². The van der Waals surface area contributed by atoms with Crippen LogP contribution in [0.3, 0.4) is 0 Å². The van der Waals surface area contributed by atoms with Gasteiger partial charge in [0, 0.05) is 12.4 Å². The first kappa shape index (κ1) is 22.1. The monoisotopic (exact) mass is 485 g/mol. The van der Waals surface area contributed by atoms with Gasteiger partial charge in [-0.05, 0) is 48.6 Å². The van der Waals surface area contributed by atoms with Crippen molar-refractivity contribution in [3.05, 3.63) is 109 Å². The normalized spacial score (nSPS) is 12.1. The van der Waals surface area contributed by atoms with Crippen LogP contribution in [-0.2, 0) is 7.05 Å². The molecule has 0 aliphatic carbocycles. The molecule has 0 amide bonds. The maximum atomic E-state index is 13.4. The lowest BCUT2D eigenvalue weighted by Gasteiger charge is -2.07. The molecule has 0 spiro atoms. The Morgan fingerprint density at radius 2 is 1.68 bits per heavy atom. The number of rotatable bonds is 5. The zero-order valence-electron chi connectivity index (χ0n) is 19.0. The molecule has 2 aromatic carbocycles. The van der Waals surface area contributed by atoms with Crippen LogP contribution in [0.2, 0.25) is 0 Å². The van der Waals surface area contributed by atoms with Crippen molar-refractivity contribution in [3.8, 4) is 16.3 Å². The molecule has 0 aliphatic heterocycles. The third kappa shape index (κ3) is 4.02. The van der Waals surface area contributed by atoms with Crippen LogP contribution in [0, 0.1) is 13.8 Å². The smallest absolute Gasteiger partial charge is 0.283 e. The highest BCUT2D eigenvalue weighted by atomic mass is 32.1. The molecule has 5 rings (SSSR count). The van der Waals surface area contributed by atoms with Crippen LogP contribution in [0.4, 0.5) is 5.69 Å². The van der Waals surface area contributed by atoms with Crippen LogP contribution in [0.5, 0.6) is 0 Å². The SMILES string of the molecule is Cc1ccccc1C=Nn1c(-c2cccs2)csc1=Nc1c(C)n(C)n(-c2ccccc2)c1=O. The van der Waals surface area contributed by atoms with Crippen molar-refractivity contribution in [1.29, 1.82) is 0 Å². The van der Waals surface area contributed by atoms with Gasteiger partial charge < -0.3 is 0 Å². The molecule has 5 aromatic rings. The predicted molar refractivity (Wildman–Crippen MR) is 141 cm³/mol. The van der Waals surface area contributed by atoms with E-state index < -0.39 is 0 Å². The summed E-state index contributed by atoms with van der Waals surface area (Å²) in [5.74, 6) is 0. The highest BCUT2D eigenvalue weighted by molar-refractivity contribution is 7.14. The van der Waals surface area contributed by atoms with Crippen LogP contribution in [0.25, 0.3) is 16.3 Å². The molecule has 0 N–H and O–H groups in total. The second kappa shape index (κ2) is 9.24. The Bertz CT molecular complexity index is 1600. The van der Waals surface area contributed by atoms with Crippen molar-refractivity contribution in [3.63, 3.8) is 0 Å². The van der Waals surface area contributed by atoms with Gasteiger partial charge in [0.1, 0.15) is 0 Å². The predicted octanol–water partition coefficient (Wildman–Crippen LogP) is 5.50. The summed E-state index contributed by atoms with van der Waals surface area (Å²) in [6.45, 7) is 3.97. The van der Waals surface area contributed by atoms with Crippen LogP contribution in [0.15, 0.2) is 92.4 Å². The van der Waals surface area contributed by atoms with E-state index in [-0.39, 0.29) is 5.56 Å². The van der Waals surface area contributed by atoms with E-state index in [1.165, 1.54) is 11.3 Å². The van der Waals surface area contributed by atoms with Gasteiger partial charge in [-0.2, -0.15) is 5.10 Å². The summed E-state index contributed by atoms with van der Waals surface area (Å²) < 4.78 is 5.30. The zero-order chi connectivity index (χ0) is 23.7. The summed E-state index contributed by atoms with van der Waals surface area (Å²) in [5.41, 5.74) is 4.96. The van der Waals surface area contributed by atoms with E-state index in [4.69, 9.17) is 10.1 Å². The standard InChI is InChI=1S/C26H23N5OS2/c1-18-10-7-8-11-20(18)16-27-30-22(23-14-9-15-33-23)17-34-26(30)28-24-19(2)29(3)31(25(24)32)21-12-5-4-6-13-21/h4-17H,1-3H3. The third-order valence-corrected chi connectivity index (χ3v) is 7.40. The van der Waals surface area contributed by atoms with Gasteiger partial charge in [-0.1, -0.05) is 48.5 Å². The number of thiophene rings is 1. The van der Waals surface area contributed by atoms with E-state index in [1.807, 2.05) is 94.9 Å². The molecule has 170 valence electrons. The van der Waals surface area contributed by atoms with Gasteiger partial charge in [-0.3, -0.25) is 9.48 Å². The highest BCUT2D eigenvalue weighted by Crippen LogP contribution is 2.26. The molecule has 0 bridgehead atoms. The van der Waals surface area contributed by atoms with Gasteiger partial charge >= 0.3 is 0 Å². The fraction of sp³-hybridized carbons (Fsp3) is 0.115. The fourth-order valence-corrected chi connectivity index (χ4v) is 5.35. The fourth-order valence-electron chi connectivity index (χ4n) is 3.71. The molecule has 34 heavy (non-hydrogen) atoms. The molecule has 3 heterocycles. The number of benzene rings is 2. The van der Waals surface area contributed by atoms with E-state index in [9.17, 15) is 4.79 Å². The van der Waals surface area contributed by atoms with E-state index >= 15 is 0 Å². The number of nitrogens with zero attached hydrogens (tertiary/aromatic N) is 5. The van der Waals surface area contributed by atoms with Crippen LogP contribution < -0.4 is 10.4 Å². The molecule has 0 saturated carbocycles. The Morgan fingerprint density at radius 1 is 0.912 bits per heavy atom. The average molecular weight is 486 g/mol. The summed E-state index contributed by atoms with van der Waals surface area (Å²) >= 11 is 3.11. The summed E-state index contributed by atoms with van der Waals surface area (Å²) in [6.07, 6.45) is 1.85. The minimum absolute atomic E-state index is 0.160. The van der Waals surface area contributed by atoms with Gasteiger partial charge in [0.25, 0.3) is 5.56 Å². The lowest BCUT2D eigenvalue weighted by atomic mass is 10.1. The maximum absolute atomic E-state index is 13.4. The molecule has 0 fully saturated rings. The number of thiazole rings is 1. The number of aryl methyl sites for hydroxylation is 1. The van der Waals surface area contributed by atoms with E-state index in [0.29, 0.717) is 10.5 Å². The van der Waals surface area contributed by atoms with Gasteiger partial charge in [0.2, 0.25) is 4.80 Å². The Labute approximate surface area is 205 Å². The lowest BCUT2D eigenvalue weighted by Crippen LogP contribution is -2.19. The molecular weight excluding hydrogens is 462 g/mol. The van der Waals surface area contributed by atoms with E-state index in [2.05, 4.69) is 19.1 Å². The van der Waals surface area contributed by atoms with Crippen molar-refractivity contribution in [1.82, 2.24) is 14.0 Å². The summed E-state index contributed by atoms with van der Waals surface area (Å²) in [5, 5.41) is 8.87. The van der Waals surface area contributed by atoms with Gasteiger partial charge in [0.15, 0.2) is 5.69 Å². The van der Waals surface area contributed by atoms with Crippen molar-refractivity contribution < 1.29 is 0 Å². The third-order valence-electron chi connectivity index (χ3n) is 5.69. The first-order valence-electron chi connectivity index (χ1n) is 10.8. The minimum Gasteiger partial charge on any atom is -0.283 e. The number of para-hydroxylation sites is 1. The van der Waals surface area contributed by atoms with Gasteiger partial charge in [-0.25, -0.2) is 14.4 Å². The lowest BCUT2D eigenvalue weighted by molar-refractivity contribution is 0.630. The Morgan fingerprint density at radius 3 is 2.41 bits per heavy atom. The first-order chi connectivity index (χ1) is 16.5. The summed E-state index contributed by atoms with van der Waals surface area (Å²) in [4.78, 5) is 20.0.